The molecule has 0 saturated carbocycles. The predicted molar refractivity (Wildman–Crippen MR) is 83.1 cm³/mol. The Morgan fingerprint density at radius 3 is 2.45 bits per heavy atom. The van der Waals surface area contributed by atoms with Crippen LogP contribution in [0.15, 0.2) is 48.5 Å². The largest absolute Gasteiger partial charge is 0.351 e. The molecule has 0 aliphatic rings. The van der Waals surface area contributed by atoms with Gasteiger partial charge in [0.15, 0.2) is 0 Å². The summed E-state index contributed by atoms with van der Waals surface area (Å²) in [4.78, 5) is 12.2. The van der Waals surface area contributed by atoms with Gasteiger partial charge in [-0.2, -0.15) is 0 Å². The number of benzene rings is 2. The monoisotopic (exact) mass is 267 g/mol. The number of nitrogens with one attached hydrogen (secondary N) is 1. The van der Waals surface area contributed by atoms with E-state index in [1.165, 1.54) is 11.1 Å². The maximum Gasteiger partial charge on any atom is 0.251 e. The Morgan fingerprint density at radius 1 is 1.10 bits per heavy atom. The standard InChI is InChI=1S/C18H21NO/c1-13-9-10-17(14(2)11-13)18(20)19-12-15(3)16-7-5-4-6-8-16/h4-11,15H,12H2,1-3H3,(H,19,20)/t15-/m0/s1. The summed E-state index contributed by atoms with van der Waals surface area (Å²) in [5.41, 5.74) is 4.20. The first kappa shape index (κ1) is 14.3. The molecule has 2 aromatic carbocycles. The van der Waals surface area contributed by atoms with Gasteiger partial charge in [0, 0.05) is 12.1 Å². The highest BCUT2D eigenvalue weighted by Gasteiger charge is 2.11. The highest BCUT2D eigenvalue weighted by Crippen LogP contribution is 2.14. The number of hydrogen-bond acceptors (Lipinski definition) is 1. The van der Waals surface area contributed by atoms with Crippen LogP contribution in [0.25, 0.3) is 0 Å². The molecule has 0 spiro atoms. The van der Waals surface area contributed by atoms with E-state index in [0.29, 0.717) is 12.5 Å². The molecule has 1 atom stereocenters. The molecule has 1 N–H and O–H groups in total. The lowest BCUT2D eigenvalue weighted by atomic mass is 10.0. The molecule has 0 heterocycles. The molecule has 1 amide bonds. The quantitative estimate of drug-likeness (QED) is 0.896. The van der Waals surface area contributed by atoms with E-state index in [2.05, 4.69) is 24.4 Å². The van der Waals surface area contributed by atoms with Crippen molar-refractivity contribution in [2.45, 2.75) is 26.7 Å². The zero-order valence-corrected chi connectivity index (χ0v) is 12.3. The van der Waals surface area contributed by atoms with Crippen molar-refractivity contribution in [2.24, 2.45) is 0 Å². The fraction of sp³-hybridized carbons (Fsp3) is 0.278. The molecule has 0 aromatic heterocycles. The molecular weight excluding hydrogens is 246 g/mol. The van der Waals surface area contributed by atoms with Gasteiger partial charge in [-0.15, -0.1) is 0 Å². The highest BCUT2D eigenvalue weighted by molar-refractivity contribution is 5.95. The molecule has 2 nitrogen and oxygen atoms in total. The van der Waals surface area contributed by atoms with Crippen molar-refractivity contribution in [1.82, 2.24) is 5.32 Å². The zero-order valence-electron chi connectivity index (χ0n) is 12.3. The van der Waals surface area contributed by atoms with Crippen LogP contribution in [-0.2, 0) is 0 Å². The fourth-order valence-electron chi connectivity index (χ4n) is 2.31. The molecule has 0 radical (unpaired) electrons. The summed E-state index contributed by atoms with van der Waals surface area (Å²) in [7, 11) is 0. The molecule has 20 heavy (non-hydrogen) atoms. The van der Waals surface area contributed by atoms with Gasteiger partial charge in [0.1, 0.15) is 0 Å². The Morgan fingerprint density at radius 2 is 1.80 bits per heavy atom. The predicted octanol–water partition coefficient (Wildman–Crippen LogP) is 3.84. The molecule has 0 aliphatic heterocycles. The Labute approximate surface area is 120 Å². The Bertz CT molecular complexity index is 590. The minimum Gasteiger partial charge on any atom is -0.351 e. The first-order valence-electron chi connectivity index (χ1n) is 6.98. The van der Waals surface area contributed by atoms with Crippen LogP contribution in [0.4, 0.5) is 0 Å². The van der Waals surface area contributed by atoms with E-state index in [9.17, 15) is 4.79 Å². The molecule has 104 valence electrons. The molecule has 0 unspecified atom stereocenters. The maximum absolute atomic E-state index is 12.2. The van der Waals surface area contributed by atoms with Gasteiger partial charge in [-0.3, -0.25) is 4.79 Å². The highest BCUT2D eigenvalue weighted by atomic mass is 16.1. The number of carbonyl (C=O) groups excluding carboxylic acids is 1. The molecule has 0 bridgehead atoms. The van der Waals surface area contributed by atoms with Crippen LogP contribution >= 0.6 is 0 Å². The topological polar surface area (TPSA) is 29.1 Å². The number of aryl methyl sites for hydroxylation is 2. The van der Waals surface area contributed by atoms with Gasteiger partial charge < -0.3 is 5.32 Å². The minimum atomic E-state index is 0.00489. The van der Waals surface area contributed by atoms with Gasteiger partial charge in [0.2, 0.25) is 0 Å². The summed E-state index contributed by atoms with van der Waals surface area (Å²) < 4.78 is 0. The van der Waals surface area contributed by atoms with Gasteiger partial charge in [0.05, 0.1) is 0 Å². The van der Waals surface area contributed by atoms with Crippen LogP contribution in [-0.4, -0.2) is 12.5 Å². The average molecular weight is 267 g/mol. The molecule has 2 aromatic rings. The smallest absolute Gasteiger partial charge is 0.251 e. The van der Waals surface area contributed by atoms with Crippen LogP contribution in [0.5, 0.6) is 0 Å². The Balaban J connectivity index is 1.99. The van der Waals surface area contributed by atoms with Gasteiger partial charge in [-0.25, -0.2) is 0 Å². The number of rotatable bonds is 4. The average Bonchev–Trinajstić information content (AvgIpc) is 2.45. The molecule has 2 heteroatoms. The van der Waals surface area contributed by atoms with Gasteiger partial charge >= 0.3 is 0 Å². The summed E-state index contributed by atoms with van der Waals surface area (Å²) in [6.07, 6.45) is 0. The van der Waals surface area contributed by atoms with Crippen molar-refractivity contribution >= 4 is 5.91 Å². The normalized spacial score (nSPS) is 11.9. The second kappa shape index (κ2) is 6.38. The fourth-order valence-corrected chi connectivity index (χ4v) is 2.31. The SMILES string of the molecule is Cc1ccc(C(=O)NC[C@H](C)c2ccccc2)c(C)c1. The third kappa shape index (κ3) is 3.47. The lowest BCUT2D eigenvalue weighted by molar-refractivity contribution is 0.0951. The Hall–Kier alpha value is -2.09. The summed E-state index contributed by atoms with van der Waals surface area (Å²) >= 11 is 0. The number of hydrogen-bond donors (Lipinski definition) is 1. The van der Waals surface area contributed by atoms with E-state index in [0.717, 1.165) is 11.1 Å². The third-order valence-electron chi connectivity index (χ3n) is 3.56. The van der Waals surface area contributed by atoms with E-state index in [-0.39, 0.29) is 5.91 Å². The van der Waals surface area contributed by atoms with Crippen molar-refractivity contribution in [1.29, 1.82) is 0 Å². The van der Waals surface area contributed by atoms with Crippen LogP contribution in [0.2, 0.25) is 0 Å². The van der Waals surface area contributed by atoms with E-state index in [1.807, 2.05) is 50.2 Å². The lowest BCUT2D eigenvalue weighted by Gasteiger charge is -2.14. The van der Waals surface area contributed by atoms with E-state index >= 15 is 0 Å². The molecule has 2 rings (SSSR count). The second-order valence-electron chi connectivity index (χ2n) is 5.34. The van der Waals surface area contributed by atoms with E-state index in [1.54, 1.807) is 0 Å². The molecular formula is C18H21NO. The first-order valence-corrected chi connectivity index (χ1v) is 6.98. The minimum absolute atomic E-state index is 0.00489. The van der Waals surface area contributed by atoms with E-state index < -0.39 is 0 Å². The van der Waals surface area contributed by atoms with Crippen molar-refractivity contribution in [2.75, 3.05) is 6.54 Å². The molecule has 0 aliphatic carbocycles. The van der Waals surface area contributed by atoms with Crippen molar-refractivity contribution in [3.8, 4) is 0 Å². The summed E-state index contributed by atoms with van der Waals surface area (Å²) in [6, 6.07) is 16.1. The second-order valence-corrected chi connectivity index (χ2v) is 5.34. The zero-order chi connectivity index (χ0) is 14.5. The summed E-state index contributed by atoms with van der Waals surface area (Å²) in [5.74, 6) is 0.316. The van der Waals surface area contributed by atoms with Crippen LogP contribution < -0.4 is 5.32 Å². The van der Waals surface area contributed by atoms with Crippen LogP contribution in [0, 0.1) is 13.8 Å². The lowest BCUT2D eigenvalue weighted by Crippen LogP contribution is -2.28. The molecule has 0 fully saturated rings. The van der Waals surface area contributed by atoms with Gasteiger partial charge in [-0.05, 0) is 37.0 Å². The number of carbonyl (C=O) groups is 1. The van der Waals surface area contributed by atoms with Crippen molar-refractivity contribution in [3.63, 3.8) is 0 Å². The molecule has 0 saturated heterocycles. The summed E-state index contributed by atoms with van der Waals surface area (Å²) in [5, 5.41) is 3.02. The maximum atomic E-state index is 12.2. The van der Waals surface area contributed by atoms with Gasteiger partial charge in [0.25, 0.3) is 5.91 Å². The van der Waals surface area contributed by atoms with Crippen LogP contribution in [0.3, 0.4) is 0 Å². The van der Waals surface area contributed by atoms with E-state index in [4.69, 9.17) is 0 Å². The van der Waals surface area contributed by atoms with Crippen molar-refractivity contribution < 1.29 is 4.79 Å². The third-order valence-corrected chi connectivity index (χ3v) is 3.56. The summed E-state index contributed by atoms with van der Waals surface area (Å²) in [6.45, 7) is 6.78. The van der Waals surface area contributed by atoms with Crippen molar-refractivity contribution in [3.05, 3.63) is 70.8 Å². The van der Waals surface area contributed by atoms with Gasteiger partial charge in [-0.1, -0.05) is 55.0 Å². The first-order chi connectivity index (χ1) is 9.58. The Kier molecular flexibility index (Phi) is 4.57. The number of amides is 1. The van der Waals surface area contributed by atoms with Crippen LogP contribution in [0.1, 0.15) is 39.9 Å².